The predicted molar refractivity (Wildman–Crippen MR) is 115 cm³/mol. The molecule has 1 spiro atoms. The summed E-state index contributed by atoms with van der Waals surface area (Å²) in [6, 6.07) is 11.7. The molecular weight excluding hydrogens is 378 g/mol. The van der Waals surface area contributed by atoms with E-state index in [2.05, 4.69) is 17.2 Å². The van der Waals surface area contributed by atoms with Gasteiger partial charge in [-0.1, -0.05) is 36.8 Å². The highest BCUT2D eigenvalue weighted by Gasteiger charge is 2.49. The molecule has 30 heavy (non-hydrogen) atoms. The first kappa shape index (κ1) is 20.5. The fourth-order valence-electron chi connectivity index (χ4n) is 4.54. The molecule has 6 nitrogen and oxygen atoms in total. The highest BCUT2D eigenvalue weighted by atomic mass is 16.5. The monoisotopic (exact) mass is 407 g/mol. The maximum absolute atomic E-state index is 12.8. The van der Waals surface area contributed by atoms with Gasteiger partial charge < -0.3 is 15.0 Å². The second kappa shape index (κ2) is 8.56. The van der Waals surface area contributed by atoms with Crippen LogP contribution in [-0.4, -0.2) is 46.5 Å². The average molecular weight is 408 g/mol. The Morgan fingerprint density at radius 3 is 2.73 bits per heavy atom. The molecule has 1 aromatic carbocycles. The molecule has 0 radical (unpaired) electrons. The van der Waals surface area contributed by atoms with Gasteiger partial charge in [-0.05, 0) is 43.9 Å². The van der Waals surface area contributed by atoms with Gasteiger partial charge in [-0.25, -0.2) is 0 Å². The third-order valence-corrected chi connectivity index (χ3v) is 6.45. The van der Waals surface area contributed by atoms with Crippen LogP contribution in [-0.2, 0) is 20.7 Å². The first-order valence-corrected chi connectivity index (χ1v) is 10.7. The zero-order valence-corrected chi connectivity index (χ0v) is 17.6. The van der Waals surface area contributed by atoms with Crippen LogP contribution < -0.4 is 5.32 Å². The van der Waals surface area contributed by atoms with Crippen LogP contribution in [0.25, 0.3) is 0 Å². The van der Waals surface area contributed by atoms with Gasteiger partial charge in [0.1, 0.15) is 6.10 Å². The van der Waals surface area contributed by atoms with Gasteiger partial charge in [0.15, 0.2) is 0 Å². The van der Waals surface area contributed by atoms with E-state index in [1.165, 1.54) is 5.56 Å². The third kappa shape index (κ3) is 4.38. The lowest BCUT2D eigenvalue weighted by Crippen LogP contribution is -2.53. The number of nitrogens with one attached hydrogen (secondary N) is 1. The molecular formula is C24H29N3O3. The Morgan fingerprint density at radius 2 is 2.03 bits per heavy atom. The second-order valence-electron chi connectivity index (χ2n) is 8.59. The van der Waals surface area contributed by atoms with Crippen molar-refractivity contribution in [3.63, 3.8) is 0 Å². The molecule has 0 saturated carbocycles. The molecule has 6 heteroatoms. The van der Waals surface area contributed by atoms with Gasteiger partial charge in [0, 0.05) is 25.2 Å². The van der Waals surface area contributed by atoms with Crippen molar-refractivity contribution in [3.05, 3.63) is 59.9 Å². The maximum atomic E-state index is 12.8. The van der Waals surface area contributed by atoms with E-state index in [4.69, 9.17) is 4.74 Å². The Labute approximate surface area is 177 Å². The van der Waals surface area contributed by atoms with Crippen LogP contribution in [0.4, 0.5) is 5.69 Å². The fraction of sp³-hybridized carbons (Fsp3) is 0.458. The number of anilines is 1. The van der Waals surface area contributed by atoms with Crippen molar-refractivity contribution in [1.82, 2.24) is 9.88 Å². The number of amides is 2. The molecule has 4 rings (SSSR count). The van der Waals surface area contributed by atoms with Crippen molar-refractivity contribution in [1.29, 1.82) is 0 Å². The van der Waals surface area contributed by atoms with Gasteiger partial charge in [-0.2, -0.15) is 0 Å². The number of hydrogen-bond acceptors (Lipinski definition) is 4. The Morgan fingerprint density at radius 1 is 1.23 bits per heavy atom. The number of pyridine rings is 1. The number of carbonyl (C=O) groups excluding carboxylic acids is 2. The van der Waals surface area contributed by atoms with E-state index in [-0.39, 0.29) is 23.3 Å². The summed E-state index contributed by atoms with van der Waals surface area (Å²) >= 11 is 0. The van der Waals surface area contributed by atoms with Crippen LogP contribution in [0.15, 0.2) is 48.8 Å². The van der Waals surface area contributed by atoms with Gasteiger partial charge in [-0.15, -0.1) is 0 Å². The Kier molecular flexibility index (Phi) is 5.86. The molecule has 0 aliphatic carbocycles. The number of piperidine rings is 1. The first-order chi connectivity index (χ1) is 14.4. The largest absolute Gasteiger partial charge is 0.362 e. The molecule has 2 aliphatic rings. The third-order valence-electron chi connectivity index (χ3n) is 6.45. The first-order valence-electron chi connectivity index (χ1n) is 10.7. The molecule has 2 amide bonds. The highest BCUT2D eigenvalue weighted by molar-refractivity contribution is 5.94. The van der Waals surface area contributed by atoms with Gasteiger partial charge in [0.25, 0.3) is 5.91 Å². The number of aromatic nitrogens is 1. The van der Waals surface area contributed by atoms with Crippen LogP contribution in [0.3, 0.4) is 0 Å². The summed E-state index contributed by atoms with van der Waals surface area (Å²) in [5, 5.41) is 2.89. The van der Waals surface area contributed by atoms with Crippen molar-refractivity contribution in [2.24, 2.45) is 5.92 Å². The molecule has 2 aromatic rings. The zero-order valence-electron chi connectivity index (χ0n) is 17.6. The standard InChI is InChI=1S/C24H29N3O3/c1-17-5-7-19(8-6-17)14-22(28)27-13-11-24(18(2)16-27)10-9-21(30-24)23(29)26-20-4-3-12-25-15-20/h3-8,12,15,18,21H,9-11,13-14,16H2,1-2H3,(H,26,29). The minimum absolute atomic E-state index is 0.120. The SMILES string of the molecule is Cc1ccc(CC(=O)N2CCC3(CCC(C(=O)Nc4cccnc4)O3)C(C)C2)cc1. The normalized spacial score (nSPS) is 26.0. The van der Waals surface area contributed by atoms with Crippen LogP contribution in [0.2, 0.25) is 0 Å². The van der Waals surface area contributed by atoms with E-state index in [1.54, 1.807) is 18.5 Å². The van der Waals surface area contributed by atoms with Crippen molar-refractivity contribution < 1.29 is 14.3 Å². The Balaban J connectivity index is 1.33. The number of aryl methyl sites for hydroxylation is 1. The number of benzene rings is 1. The summed E-state index contributed by atoms with van der Waals surface area (Å²) in [7, 11) is 0. The van der Waals surface area contributed by atoms with Crippen LogP contribution >= 0.6 is 0 Å². The molecule has 1 N–H and O–H groups in total. The van der Waals surface area contributed by atoms with E-state index in [0.29, 0.717) is 31.6 Å². The number of nitrogens with zero attached hydrogens (tertiary/aromatic N) is 2. The Hall–Kier alpha value is -2.73. The van der Waals surface area contributed by atoms with Crippen molar-refractivity contribution in [2.45, 2.75) is 51.2 Å². The van der Waals surface area contributed by atoms with Gasteiger partial charge in [0.2, 0.25) is 5.91 Å². The summed E-state index contributed by atoms with van der Waals surface area (Å²) in [6.07, 6.45) is 5.59. The van der Waals surface area contributed by atoms with Crippen molar-refractivity contribution >= 4 is 17.5 Å². The second-order valence-corrected chi connectivity index (χ2v) is 8.59. The van der Waals surface area contributed by atoms with E-state index >= 15 is 0 Å². The molecule has 158 valence electrons. The zero-order chi connectivity index (χ0) is 21.1. The molecule has 2 aliphatic heterocycles. The molecule has 2 fully saturated rings. The summed E-state index contributed by atoms with van der Waals surface area (Å²) < 4.78 is 6.33. The topological polar surface area (TPSA) is 71.5 Å². The lowest BCUT2D eigenvalue weighted by Gasteiger charge is -2.44. The summed E-state index contributed by atoms with van der Waals surface area (Å²) in [6.45, 7) is 5.52. The number of rotatable bonds is 4. The minimum atomic E-state index is -0.456. The summed E-state index contributed by atoms with van der Waals surface area (Å²) in [5.74, 6) is 0.221. The molecule has 3 unspecified atom stereocenters. The van der Waals surface area contributed by atoms with Crippen LogP contribution in [0, 0.1) is 12.8 Å². The van der Waals surface area contributed by atoms with Gasteiger partial charge in [-0.3, -0.25) is 14.6 Å². The van der Waals surface area contributed by atoms with E-state index in [0.717, 1.165) is 18.4 Å². The van der Waals surface area contributed by atoms with Crippen molar-refractivity contribution in [3.8, 4) is 0 Å². The Bertz CT molecular complexity index is 900. The van der Waals surface area contributed by atoms with Crippen LogP contribution in [0.5, 0.6) is 0 Å². The molecule has 3 heterocycles. The highest BCUT2D eigenvalue weighted by Crippen LogP contribution is 2.42. The minimum Gasteiger partial charge on any atom is -0.362 e. The maximum Gasteiger partial charge on any atom is 0.253 e. The molecule has 2 saturated heterocycles. The molecule has 3 atom stereocenters. The molecule has 1 aromatic heterocycles. The number of carbonyl (C=O) groups is 2. The number of ether oxygens (including phenoxy) is 1. The lowest BCUT2D eigenvalue weighted by molar-refractivity contribution is -0.151. The van der Waals surface area contributed by atoms with E-state index < -0.39 is 6.10 Å². The smallest absolute Gasteiger partial charge is 0.253 e. The quantitative estimate of drug-likeness (QED) is 0.844. The summed E-state index contributed by atoms with van der Waals surface area (Å²) in [5.41, 5.74) is 2.59. The van der Waals surface area contributed by atoms with Gasteiger partial charge >= 0.3 is 0 Å². The van der Waals surface area contributed by atoms with Crippen LogP contribution in [0.1, 0.15) is 37.3 Å². The summed E-state index contributed by atoms with van der Waals surface area (Å²) in [4.78, 5) is 31.4. The lowest BCUT2D eigenvalue weighted by atomic mass is 9.80. The van der Waals surface area contributed by atoms with Gasteiger partial charge in [0.05, 0.1) is 23.9 Å². The average Bonchev–Trinajstić information content (AvgIpc) is 3.18. The molecule has 0 bridgehead atoms. The van der Waals surface area contributed by atoms with Crippen molar-refractivity contribution in [2.75, 3.05) is 18.4 Å². The van der Waals surface area contributed by atoms with E-state index in [1.807, 2.05) is 42.2 Å². The number of likely N-dealkylation sites (tertiary alicyclic amines) is 1. The number of hydrogen-bond donors (Lipinski definition) is 1. The fourth-order valence-corrected chi connectivity index (χ4v) is 4.54. The van der Waals surface area contributed by atoms with E-state index in [9.17, 15) is 9.59 Å². The predicted octanol–water partition coefficient (Wildman–Crippen LogP) is 3.36.